The van der Waals surface area contributed by atoms with Crippen LogP contribution in [0.5, 0.6) is 0 Å². The summed E-state index contributed by atoms with van der Waals surface area (Å²) in [5.74, 6) is -0.838. The van der Waals surface area contributed by atoms with E-state index in [1.165, 1.54) is 0 Å². The zero-order valence-electron chi connectivity index (χ0n) is 16.3. The van der Waals surface area contributed by atoms with Gasteiger partial charge in [0.25, 0.3) is 5.91 Å². The second-order valence-corrected chi connectivity index (χ2v) is 7.09. The molecule has 1 aliphatic rings. The van der Waals surface area contributed by atoms with Gasteiger partial charge in [0.1, 0.15) is 0 Å². The second kappa shape index (κ2) is 8.71. The molecule has 4 rings (SSSR count). The number of carbonyl (C=O) groups excluding carboxylic acids is 2. The van der Waals surface area contributed by atoms with Gasteiger partial charge in [0, 0.05) is 11.1 Å². The maximum atomic E-state index is 12.8. The monoisotopic (exact) mass is 398 g/mol. The molecule has 4 N–H and O–H groups in total. The second-order valence-electron chi connectivity index (χ2n) is 7.09. The van der Waals surface area contributed by atoms with Gasteiger partial charge in [-0.3, -0.25) is 9.59 Å². The van der Waals surface area contributed by atoms with Crippen molar-refractivity contribution in [2.45, 2.75) is 18.6 Å². The summed E-state index contributed by atoms with van der Waals surface area (Å²) in [7, 11) is 0. The number of nitrogens with two attached hydrogens (primary N) is 1. The van der Waals surface area contributed by atoms with Gasteiger partial charge in [0.05, 0.1) is 17.4 Å². The van der Waals surface area contributed by atoms with E-state index < -0.39 is 24.0 Å². The van der Waals surface area contributed by atoms with Gasteiger partial charge < -0.3 is 16.4 Å². The Morgan fingerprint density at radius 2 is 1.60 bits per heavy atom. The Kier molecular flexibility index (Phi) is 5.68. The van der Waals surface area contributed by atoms with Crippen LogP contribution in [0.15, 0.2) is 89.9 Å². The van der Waals surface area contributed by atoms with Gasteiger partial charge in [-0.05, 0) is 18.1 Å². The lowest BCUT2D eigenvalue weighted by molar-refractivity contribution is -0.127. The minimum Gasteiger partial charge on any atom is -0.325 e. The molecule has 0 radical (unpaired) electrons. The number of hydrogen-bond donors (Lipinski definition) is 3. The topological polar surface area (TPSA) is 96.6 Å². The fourth-order valence-corrected chi connectivity index (χ4v) is 3.38. The van der Waals surface area contributed by atoms with Gasteiger partial charge in [-0.2, -0.15) is 0 Å². The molecule has 3 aromatic carbocycles. The minimum absolute atomic E-state index is 0.372. The molecule has 2 amide bonds. The van der Waals surface area contributed by atoms with Gasteiger partial charge >= 0.3 is 0 Å². The number of anilines is 1. The van der Waals surface area contributed by atoms with E-state index in [1.807, 2.05) is 84.9 Å². The highest BCUT2D eigenvalue weighted by atomic mass is 16.2. The Hall–Kier alpha value is -3.77. The highest BCUT2D eigenvalue weighted by Gasteiger charge is 2.28. The number of nitrogens with one attached hydrogen (secondary N) is 2. The summed E-state index contributed by atoms with van der Waals surface area (Å²) in [6, 6.07) is 25.7. The molecular formula is C24H22N4O2. The summed E-state index contributed by atoms with van der Waals surface area (Å²) in [5.41, 5.74) is 9.97. The normalized spacial score (nSPS) is 16.5. The average Bonchev–Trinajstić information content (AvgIpc) is 2.91. The number of para-hydroxylation sites is 1. The number of carbonyl (C=O) groups is 2. The van der Waals surface area contributed by atoms with Crippen LogP contribution in [0.3, 0.4) is 0 Å². The van der Waals surface area contributed by atoms with Crippen molar-refractivity contribution in [3.63, 3.8) is 0 Å². The molecule has 1 heterocycles. The SMILES string of the molecule is N[C@@H](Cc1ccccc1)C(=O)N[C@@H]1N=C(c2ccccc2)c2ccccc2NC1=O. The summed E-state index contributed by atoms with van der Waals surface area (Å²) < 4.78 is 0. The lowest BCUT2D eigenvalue weighted by Gasteiger charge is -2.17. The number of amides is 2. The van der Waals surface area contributed by atoms with Gasteiger partial charge in [0.2, 0.25) is 12.1 Å². The Labute approximate surface area is 174 Å². The number of hydrogen-bond acceptors (Lipinski definition) is 4. The van der Waals surface area contributed by atoms with E-state index in [0.717, 1.165) is 16.7 Å². The first kappa shape index (κ1) is 19.5. The quantitative estimate of drug-likeness (QED) is 0.616. The molecule has 0 saturated carbocycles. The molecular weight excluding hydrogens is 376 g/mol. The molecule has 6 nitrogen and oxygen atoms in total. The van der Waals surface area contributed by atoms with E-state index in [9.17, 15) is 9.59 Å². The van der Waals surface area contributed by atoms with Gasteiger partial charge in [-0.25, -0.2) is 4.99 Å². The number of benzodiazepines with no additional fused rings is 1. The molecule has 0 aliphatic carbocycles. The first-order valence-corrected chi connectivity index (χ1v) is 9.75. The Bertz CT molecular complexity index is 1080. The summed E-state index contributed by atoms with van der Waals surface area (Å²) in [6.45, 7) is 0. The maximum absolute atomic E-state index is 12.8. The molecule has 0 bridgehead atoms. The van der Waals surface area contributed by atoms with Gasteiger partial charge in [-0.15, -0.1) is 0 Å². The molecule has 1 aliphatic heterocycles. The van der Waals surface area contributed by atoms with Crippen LogP contribution in [0.1, 0.15) is 16.7 Å². The minimum atomic E-state index is -1.08. The molecule has 2 atom stereocenters. The van der Waals surface area contributed by atoms with Crippen molar-refractivity contribution >= 4 is 23.2 Å². The molecule has 0 unspecified atom stereocenters. The molecule has 0 fully saturated rings. The molecule has 150 valence electrons. The summed E-state index contributed by atoms with van der Waals surface area (Å²) >= 11 is 0. The summed E-state index contributed by atoms with van der Waals surface area (Å²) in [6.07, 6.45) is -0.710. The van der Waals surface area contributed by atoms with E-state index in [-0.39, 0.29) is 0 Å². The highest BCUT2D eigenvalue weighted by Crippen LogP contribution is 2.23. The van der Waals surface area contributed by atoms with Crippen molar-refractivity contribution in [2.75, 3.05) is 5.32 Å². The fraction of sp³-hybridized carbons (Fsp3) is 0.125. The lowest BCUT2D eigenvalue weighted by Crippen LogP contribution is -2.49. The summed E-state index contributed by atoms with van der Waals surface area (Å²) in [4.78, 5) is 30.1. The van der Waals surface area contributed by atoms with E-state index in [1.54, 1.807) is 0 Å². The van der Waals surface area contributed by atoms with Crippen molar-refractivity contribution in [1.29, 1.82) is 0 Å². The highest BCUT2D eigenvalue weighted by molar-refractivity contribution is 6.19. The predicted molar refractivity (Wildman–Crippen MR) is 117 cm³/mol. The molecule has 0 aromatic heterocycles. The number of rotatable bonds is 5. The van der Waals surface area contributed by atoms with Crippen molar-refractivity contribution < 1.29 is 9.59 Å². The maximum Gasteiger partial charge on any atom is 0.269 e. The van der Waals surface area contributed by atoms with Crippen LogP contribution in [0.25, 0.3) is 0 Å². The van der Waals surface area contributed by atoms with Crippen LogP contribution in [0, 0.1) is 0 Å². The smallest absolute Gasteiger partial charge is 0.269 e. The number of fused-ring (bicyclic) bond motifs is 1. The average molecular weight is 398 g/mol. The van der Waals surface area contributed by atoms with Crippen molar-refractivity contribution in [3.05, 3.63) is 102 Å². The zero-order valence-corrected chi connectivity index (χ0v) is 16.3. The molecule has 0 spiro atoms. The van der Waals surface area contributed by atoms with Crippen LogP contribution in [0.4, 0.5) is 5.69 Å². The van der Waals surface area contributed by atoms with Crippen molar-refractivity contribution in [3.8, 4) is 0 Å². The van der Waals surface area contributed by atoms with Crippen LogP contribution >= 0.6 is 0 Å². The van der Waals surface area contributed by atoms with Crippen LogP contribution in [0.2, 0.25) is 0 Å². The molecule has 3 aromatic rings. The number of aliphatic imine (C=N–C) groups is 1. The Morgan fingerprint density at radius 3 is 2.33 bits per heavy atom. The van der Waals surface area contributed by atoms with E-state index >= 15 is 0 Å². The van der Waals surface area contributed by atoms with E-state index in [2.05, 4.69) is 15.6 Å². The van der Waals surface area contributed by atoms with Gasteiger partial charge in [-0.1, -0.05) is 78.9 Å². The van der Waals surface area contributed by atoms with Crippen LogP contribution in [-0.2, 0) is 16.0 Å². The lowest BCUT2D eigenvalue weighted by atomic mass is 10.0. The van der Waals surface area contributed by atoms with E-state index in [0.29, 0.717) is 17.8 Å². The van der Waals surface area contributed by atoms with Crippen molar-refractivity contribution in [1.82, 2.24) is 5.32 Å². The zero-order chi connectivity index (χ0) is 20.9. The molecule has 6 heteroatoms. The first-order chi connectivity index (χ1) is 14.6. The summed E-state index contributed by atoms with van der Waals surface area (Å²) in [5, 5.41) is 5.56. The third kappa shape index (κ3) is 4.29. The van der Waals surface area contributed by atoms with E-state index in [4.69, 9.17) is 5.73 Å². The first-order valence-electron chi connectivity index (χ1n) is 9.75. The molecule has 0 saturated heterocycles. The largest absolute Gasteiger partial charge is 0.325 e. The number of benzene rings is 3. The fourth-order valence-electron chi connectivity index (χ4n) is 3.38. The predicted octanol–water partition coefficient (Wildman–Crippen LogP) is 2.49. The number of nitrogens with zero attached hydrogens (tertiary/aromatic N) is 1. The standard InChI is InChI=1S/C24H22N4O2/c25-19(15-16-9-3-1-4-10-16)23(29)28-22-24(30)26-20-14-8-7-13-18(20)21(27-22)17-11-5-2-6-12-17/h1-14,19,22H,15,25H2,(H,26,30)(H,28,29)/t19-,22-/m0/s1. The third-order valence-electron chi connectivity index (χ3n) is 4.91. The van der Waals surface area contributed by atoms with Crippen molar-refractivity contribution in [2.24, 2.45) is 10.7 Å². The van der Waals surface area contributed by atoms with Gasteiger partial charge in [0.15, 0.2) is 0 Å². The van der Waals surface area contributed by atoms with Crippen LogP contribution in [-0.4, -0.2) is 29.7 Å². The Balaban J connectivity index is 1.61. The Morgan fingerprint density at radius 1 is 0.967 bits per heavy atom. The third-order valence-corrected chi connectivity index (χ3v) is 4.91. The van der Waals surface area contributed by atoms with Crippen LogP contribution < -0.4 is 16.4 Å². The molecule has 30 heavy (non-hydrogen) atoms.